The minimum absolute atomic E-state index is 0.110. The van der Waals surface area contributed by atoms with Crippen molar-refractivity contribution in [2.75, 3.05) is 5.73 Å². The van der Waals surface area contributed by atoms with Gasteiger partial charge < -0.3 is 10.5 Å². The van der Waals surface area contributed by atoms with Gasteiger partial charge in [0.1, 0.15) is 17.0 Å². The highest BCUT2D eigenvalue weighted by atomic mass is 16.6. The fourth-order valence-electron chi connectivity index (χ4n) is 2.95. The number of carbonyl (C=O) groups is 2. The van der Waals surface area contributed by atoms with Crippen LogP contribution < -0.4 is 17.0 Å². The van der Waals surface area contributed by atoms with E-state index < -0.39 is 12.1 Å². The number of rotatable bonds is 3. The quantitative estimate of drug-likeness (QED) is 0.151. The second-order valence-corrected chi connectivity index (χ2v) is 6.24. The SMILES string of the molecule is Cc1cccc(-c2nc3cc(C(=O)OC(=O)NN)ccn3c2-c2ccnc(N)n2)n1. The molecule has 0 fully saturated rings. The summed E-state index contributed by atoms with van der Waals surface area (Å²) in [5.41, 5.74) is 11.2. The maximum atomic E-state index is 12.2. The molecule has 0 spiro atoms. The van der Waals surface area contributed by atoms with Crippen molar-refractivity contribution in [3.63, 3.8) is 0 Å². The van der Waals surface area contributed by atoms with Gasteiger partial charge in [-0.2, -0.15) is 0 Å². The summed E-state index contributed by atoms with van der Waals surface area (Å²) >= 11 is 0. The topological polar surface area (TPSA) is 163 Å². The third-order valence-corrected chi connectivity index (χ3v) is 4.21. The molecule has 0 aliphatic rings. The molecule has 30 heavy (non-hydrogen) atoms. The van der Waals surface area contributed by atoms with Gasteiger partial charge in [0, 0.05) is 18.1 Å². The van der Waals surface area contributed by atoms with Crippen LogP contribution in [0.4, 0.5) is 10.7 Å². The van der Waals surface area contributed by atoms with Crippen LogP contribution in [0.1, 0.15) is 16.1 Å². The minimum atomic E-state index is -1.06. The molecule has 4 aromatic rings. The molecule has 4 rings (SSSR count). The summed E-state index contributed by atoms with van der Waals surface area (Å²) in [6, 6.07) is 10.2. The van der Waals surface area contributed by atoms with Gasteiger partial charge in [0.15, 0.2) is 0 Å². The number of hydrazine groups is 1. The Morgan fingerprint density at radius 3 is 2.67 bits per heavy atom. The number of carbonyl (C=O) groups excluding carboxylic acids is 2. The maximum absolute atomic E-state index is 12.2. The molecular weight excluding hydrogens is 388 g/mol. The van der Waals surface area contributed by atoms with Crippen LogP contribution in [0.15, 0.2) is 48.8 Å². The second kappa shape index (κ2) is 7.56. The van der Waals surface area contributed by atoms with Gasteiger partial charge in [-0.1, -0.05) is 6.07 Å². The number of amides is 1. The first-order valence-corrected chi connectivity index (χ1v) is 8.74. The number of aromatic nitrogens is 5. The third-order valence-electron chi connectivity index (χ3n) is 4.21. The first-order valence-electron chi connectivity index (χ1n) is 8.74. The molecule has 0 bridgehead atoms. The zero-order valence-corrected chi connectivity index (χ0v) is 15.7. The molecule has 0 saturated carbocycles. The van der Waals surface area contributed by atoms with Crippen LogP contribution >= 0.6 is 0 Å². The van der Waals surface area contributed by atoms with E-state index in [1.165, 1.54) is 12.1 Å². The lowest BCUT2D eigenvalue weighted by molar-refractivity contribution is 0.0622. The van der Waals surface area contributed by atoms with E-state index >= 15 is 0 Å². The van der Waals surface area contributed by atoms with Crippen LogP contribution in [0, 0.1) is 6.92 Å². The Hall–Kier alpha value is -4.38. The van der Waals surface area contributed by atoms with Crippen molar-refractivity contribution in [2.45, 2.75) is 6.92 Å². The second-order valence-electron chi connectivity index (χ2n) is 6.24. The Bertz CT molecular complexity index is 1280. The van der Waals surface area contributed by atoms with Crippen molar-refractivity contribution in [1.29, 1.82) is 0 Å². The summed E-state index contributed by atoms with van der Waals surface area (Å²) in [4.78, 5) is 40.8. The Labute approximate surface area is 169 Å². The molecule has 11 nitrogen and oxygen atoms in total. The molecule has 4 aromatic heterocycles. The van der Waals surface area contributed by atoms with E-state index in [0.717, 1.165) is 5.69 Å². The molecule has 1 amide bonds. The molecule has 5 N–H and O–H groups in total. The number of pyridine rings is 2. The van der Waals surface area contributed by atoms with Crippen molar-refractivity contribution in [3.8, 4) is 22.8 Å². The first kappa shape index (κ1) is 19.0. The number of hydrogen-bond acceptors (Lipinski definition) is 9. The highest BCUT2D eigenvalue weighted by Gasteiger charge is 2.20. The molecule has 0 radical (unpaired) electrons. The predicted molar refractivity (Wildman–Crippen MR) is 107 cm³/mol. The van der Waals surface area contributed by atoms with Gasteiger partial charge in [-0.05, 0) is 37.3 Å². The molecule has 0 aliphatic carbocycles. The van der Waals surface area contributed by atoms with Gasteiger partial charge in [-0.3, -0.25) is 14.8 Å². The van der Waals surface area contributed by atoms with E-state index in [1.54, 1.807) is 28.3 Å². The van der Waals surface area contributed by atoms with Gasteiger partial charge in [0.05, 0.1) is 17.0 Å². The molecule has 11 heteroatoms. The molecule has 0 unspecified atom stereocenters. The number of fused-ring (bicyclic) bond motifs is 1. The average molecular weight is 404 g/mol. The number of imidazole rings is 1. The van der Waals surface area contributed by atoms with E-state index in [4.69, 9.17) is 11.6 Å². The fourth-order valence-corrected chi connectivity index (χ4v) is 2.95. The van der Waals surface area contributed by atoms with Crippen LogP contribution in [0.5, 0.6) is 0 Å². The molecule has 0 aliphatic heterocycles. The molecule has 0 atom stereocenters. The maximum Gasteiger partial charge on any atom is 0.429 e. The smallest absolute Gasteiger partial charge is 0.372 e. The van der Waals surface area contributed by atoms with Crippen LogP contribution in [-0.4, -0.2) is 36.4 Å². The summed E-state index contributed by atoms with van der Waals surface area (Å²) < 4.78 is 6.31. The molecule has 0 aromatic carbocycles. The van der Waals surface area contributed by atoms with Crippen LogP contribution in [0.25, 0.3) is 28.4 Å². The molecule has 0 saturated heterocycles. The van der Waals surface area contributed by atoms with Crippen molar-refractivity contribution in [2.24, 2.45) is 5.84 Å². The number of esters is 1. The summed E-state index contributed by atoms with van der Waals surface area (Å²) in [5, 5.41) is 0. The van der Waals surface area contributed by atoms with Crippen molar-refractivity contribution in [1.82, 2.24) is 29.8 Å². The Balaban J connectivity index is 1.91. The molecular formula is C19H16N8O3. The monoisotopic (exact) mass is 404 g/mol. The molecule has 4 heterocycles. The average Bonchev–Trinajstić information content (AvgIpc) is 3.12. The summed E-state index contributed by atoms with van der Waals surface area (Å²) in [6.07, 6.45) is 2.10. The van der Waals surface area contributed by atoms with Crippen LogP contribution in [0.3, 0.4) is 0 Å². The number of aryl methyl sites for hydroxylation is 1. The van der Waals surface area contributed by atoms with Crippen LogP contribution in [0.2, 0.25) is 0 Å². The summed E-state index contributed by atoms with van der Waals surface area (Å²) in [5.74, 6) is 4.18. The Kier molecular flexibility index (Phi) is 4.78. The predicted octanol–water partition coefficient (Wildman–Crippen LogP) is 1.48. The first-order chi connectivity index (χ1) is 14.5. The highest BCUT2D eigenvalue weighted by Crippen LogP contribution is 2.31. The lowest BCUT2D eigenvalue weighted by Crippen LogP contribution is -2.32. The van der Waals surface area contributed by atoms with Crippen molar-refractivity contribution < 1.29 is 14.3 Å². The number of nitrogens with zero attached hydrogens (tertiary/aromatic N) is 5. The normalized spacial score (nSPS) is 10.7. The van der Waals surface area contributed by atoms with Crippen molar-refractivity contribution in [3.05, 3.63) is 60.0 Å². The van der Waals surface area contributed by atoms with Gasteiger partial charge in [-0.15, -0.1) is 0 Å². The van der Waals surface area contributed by atoms with Gasteiger partial charge in [0.25, 0.3) is 0 Å². The van der Waals surface area contributed by atoms with Gasteiger partial charge in [0.2, 0.25) is 5.95 Å². The number of anilines is 1. The Morgan fingerprint density at radius 1 is 1.10 bits per heavy atom. The standard InChI is InChI=1S/C19H16N8O3/c1-10-3-2-4-12(23-10)15-16(13-5-7-22-18(20)24-13)27-8-6-11(9-14(27)25-15)17(28)30-19(29)26-21/h2-9H,21H2,1H3,(H,26,29)(H2,20,22,24). The largest absolute Gasteiger partial charge is 0.429 e. The van der Waals surface area contributed by atoms with E-state index in [0.29, 0.717) is 28.4 Å². The van der Waals surface area contributed by atoms with E-state index in [1.807, 2.05) is 25.1 Å². The van der Waals surface area contributed by atoms with E-state index in [-0.39, 0.29) is 11.5 Å². The fraction of sp³-hybridized carbons (Fsp3) is 0.0526. The van der Waals surface area contributed by atoms with Crippen LogP contribution in [-0.2, 0) is 4.74 Å². The van der Waals surface area contributed by atoms with Gasteiger partial charge >= 0.3 is 12.1 Å². The number of nitrogen functional groups attached to an aromatic ring is 1. The number of nitrogens with two attached hydrogens (primary N) is 2. The highest BCUT2D eigenvalue weighted by molar-refractivity contribution is 5.97. The zero-order chi connectivity index (χ0) is 21.3. The lowest BCUT2D eigenvalue weighted by Gasteiger charge is -2.06. The Morgan fingerprint density at radius 2 is 1.93 bits per heavy atom. The van der Waals surface area contributed by atoms with Gasteiger partial charge in [-0.25, -0.2) is 30.4 Å². The van der Waals surface area contributed by atoms with Crippen molar-refractivity contribution >= 4 is 23.7 Å². The zero-order valence-electron chi connectivity index (χ0n) is 15.7. The third kappa shape index (κ3) is 3.52. The lowest BCUT2D eigenvalue weighted by atomic mass is 10.1. The summed E-state index contributed by atoms with van der Waals surface area (Å²) in [7, 11) is 0. The number of hydrogen-bond donors (Lipinski definition) is 3. The summed E-state index contributed by atoms with van der Waals surface area (Å²) in [6.45, 7) is 1.87. The number of ether oxygens (including phenoxy) is 1. The van der Waals surface area contributed by atoms with E-state index in [9.17, 15) is 9.59 Å². The number of nitrogens with one attached hydrogen (secondary N) is 1. The van der Waals surface area contributed by atoms with E-state index in [2.05, 4.69) is 24.7 Å². The minimum Gasteiger partial charge on any atom is -0.372 e. The molecule has 150 valence electrons.